The molecule has 1 amide bonds. The van der Waals surface area contributed by atoms with Crippen molar-refractivity contribution in [3.63, 3.8) is 0 Å². The largest absolute Gasteiger partial charge is 0.344 e. The van der Waals surface area contributed by atoms with Crippen LogP contribution < -0.4 is 5.32 Å². The Morgan fingerprint density at radius 1 is 1.14 bits per heavy atom. The molecular formula is C20H16ClN5O2. The molecule has 0 aliphatic heterocycles. The average Bonchev–Trinajstić information content (AvgIpc) is 3.34. The summed E-state index contributed by atoms with van der Waals surface area (Å²) < 4.78 is 6.78. The maximum absolute atomic E-state index is 12.3. The lowest BCUT2D eigenvalue weighted by atomic mass is 10.2. The summed E-state index contributed by atoms with van der Waals surface area (Å²) >= 11 is 6.23. The summed E-state index contributed by atoms with van der Waals surface area (Å²) in [6.07, 6.45) is 1.76. The third kappa shape index (κ3) is 3.65. The molecule has 0 spiro atoms. The number of amides is 1. The van der Waals surface area contributed by atoms with Crippen molar-refractivity contribution in [2.75, 3.05) is 0 Å². The van der Waals surface area contributed by atoms with E-state index in [-0.39, 0.29) is 5.89 Å². The van der Waals surface area contributed by atoms with Crippen LogP contribution in [0.1, 0.15) is 21.9 Å². The van der Waals surface area contributed by atoms with Crippen molar-refractivity contribution in [1.29, 1.82) is 0 Å². The first kappa shape index (κ1) is 17.9. The lowest BCUT2D eigenvalue weighted by molar-refractivity contribution is 0.0907. The molecule has 0 fully saturated rings. The van der Waals surface area contributed by atoms with E-state index in [1.54, 1.807) is 16.9 Å². The molecule has 1 N–H and O–H groups in total. The molecule has 2 aromatic heterocycles. The smallest absolute Gasteiger partial charge is 0.316 e. The van der Waals surface area contributed by atoms with Crippen molar-refractivity contribution in [2.24, 2.45) is 0 Å². The van der Waals surface area contributed by atoms with Crippen LogP contribution in [0.5, 0.6) is 0 Å². The fourth-order valence-corrected chi connectivity index (χ4v) is 2.94. The second-order valence-corrected chi connectivity index (χ2v) is 6.52. The van der Waals surface area contributed by atoms with Gasteiger partial charge < -0.3 is 9.84 Å². The van der Waals surface area contributed by atoms with Gasteiger partial charge in [-0.2, -0.15) is 10.1 Å². The van der Waals surface area contributed by atoms with Crippen LogP contribution in [0.2, 0.25) is 5.02 Å². The van der Waals surface area contributed by atoms with Crippen LogP contribution in [-0.2, 0) is 6.54 Å². The van der Waals surface area contributed by atoms with Gasteiger partial charge >= 0.3 is 11.8 Å². The highest BCUT2D eigenvalue weighted by atomic mass is 35.5. The zero-order valence-corrected chi connectivity index (χ0v) is 15.7. The van der Waals surface area contributed by atoms with E-state index >= 15 is 0 Å². The summed E-state index contributed by atoms with van der Waals surface area (Å²) in [5.41, 5.74) is 3.07. The Morgan fingerprint density at radius 3 is 2.68 bits per heavy atom. The van der Waals surface area contributed by atoms with Crippen LogP contribution in [0.3, 0.4) is 0 Å². The molecule has 4 rings (SSSR count). The second-order valence-electron chi connectivity index (χ2n) is 6.12. The van der Waals surface area contributed by atoms with Crippen molar-refractivity contribution >= 4 is 17.5 Å². The standard InChI is InChI=1S/C20H16ClN5O2/c1-13-15(12-26(24-13)17-10-6-5-9-16(17)21)18-23-20(28-25-18)19(27)22-11-14-7-3-2-4-8-14/h2-10,12H,11H2,1H3,(H,22,27). The number of benzene rings is 2. The Labute approximate surface area is 166 Å². The molecule has 0 bridgehead atoms. The second kappa shape index (κ2) is 7.66. The number of halogens is 1. The molecule has 0 aliphatic carbocycles. The molecule has 2 heterocycles. The van der Waals surface area contributed by atoms with E-state index < -0.39 is 5.91 Å². The van der Waals surface area contributed by atoms with E-state index in [0.717, 1.165) is 11.3 Å². The number of aromatic nitrogens is 4. The number of rotatable bonds is 5. The number of para-hydroxylation sites is 1. The maximum atomic E-state index is 12.3. The molecule has 0 unspecified atom stereocenters. The number of carbonyl (C=O) groups is 1. The number of aryl methyl sites for hydroxylation is 1. The zero-order valence-electron chi connectivity index (χ0n) is 15.0. The van der Waals surface area contributed by atoms with Gasteiger partial charge in [0.2, 0.25) is 5.82 Å². The van der Waals surface area contributed by atoms with E-state index in [4.69, 9.17) is 16.1 Å². The molecular weight excluding hydrogens is 378 g/mol. The Bertz CT molecular complexity index is 1120. The molecule has 28 heavy (non-hydrogen) atoms. The number of nitrogens with one attached hydrogen (secondary N) is 1. The minimum absolute atomic E-state index is 0.101. The average molecular weight is 394 g/mol. The first-order chi connectivity index (χ1) is 13.6. The summed E-state index contributed by atoms with van der Waals surface area (Å²) in [4.78, 5) is 16.5. The highest BCUT2D eigenvalue weighted by Crippen LogP contribution is 2.24. The number of hydrogen-bond acceptors (Lipinski definition) is 5. The van der Waals surface area contributed by atoms with Crippen molar-refractivity contribution in [3.8, 4) is 17.1 Å². The van der Waals surface area contributed by atoms with Crippen LogP contribution in [0.15, 0.2) is 65.3 Å². The monoisotopic (exact) mass is 393 g/mol. The quantitative estimate of drug-likeness (QED) is 0.557. The van der Waals surface area contributed by atoms with Gasteiger partial charge in [-0.05, 0) is 24.6 Å². The van der Waals surface area contributed by atoms with Gasteiger partial charge in [0.1, 0.15) is 0 Å². The SMILES string of the molecule is Cc1nn(-c2ccccc2Cl)cc1-c1noc(C(=O)NCc2ccccc2)n1. The zero-order chi connectivity index (χ0) is 19.5. The molecule has 0 saturated carbocycles. The van der Waals surface area contributed by atoms with Crippen LogP contribution in [0, 0.1) is 6.92 Å². The van der Waals surface area contributed by atoms with Crippen molar-refractivity contribution < 1.29 is 9.32 Å². The summed E-state index contributed by atoms with van der Waals surface area (Å²) in [6.45, 7) is 2.20. The summed E-state index contributed by atoms with van der Waals surface area (Å²) in [5, 5.41) is 11.7. The normalized spacial score (nSPS) is 10.8. The molecule has 140 valence electrons. The first-order valence-electron chi connectivity index (χ1n) is 8.59. The molecule has 0 atom stereocenters. The lowest BCUT2D eigenvalue weighted by Crippen LogP contribution is -2.23. The van der Waals surface area contributed by atoms with E-state index in [9.17, 15) is 4.79 Å². The molecule has 2 aromatic carbocycles. The van der Waals surface area contributed by atoms with Gasteiger partial charge in [0.25, 0.3) is 0 Å². The Hall–Kier alpha value is -3.45. The van der Waals surface area contributed by atoms with Gasteiger partial charge in [-0.1, -0.05) is 59.2 Å². The minimum atomic E-state index is -0.432. The van der Waals surface area contributed by atoms with Gasteiger partial charge in [0.05, 0.1) is 22.0 Å². The fraction of sp³-hybridized carbons (Fsp3) is 0.100. The van der Waals surface area contributed by atoms with E-state index in [0.29, 0.717) is 28.6 Å². The van der Waals surface area contributed by atoms with Gasteiger partial charge in [0, 0.05) is 12.7 Å². The molecule has 0 radical (unpaired) electrons. The Balaban J connectivity index is 1.53. The van der Waals surface area contributed by atoms with E-state index in [1.165, 1.54) is 0 Å². The first-order valence-corrected chi connectivity index (χ1v) is 8.97. The Morgan fingerprint density at radius 2 is 1.89 bits per heavy atom. The highest BCUT2D eigenvalue weighted by Gasteiger charge is 2.19. The Kier molecular flexibility index (Phi) is 4.90. The number of hydrogen-bond donors (Lipinski definition) is 1. The minimum Gasteiger partial charge on any atom is -0.344 e. The van der Waals surface area contributed by atoms with Crippen LogP contribution in [0.4, 0.5) is 0 Å². The summed E-state index contributed by atoms with van der Waals surface area (Å²) in [5.74, 6) is -0.241. The topological polar surface area (TPSA) is 85.8 Å². The van der Waals surface area contributed by atoms with Gasteiger partial charge in [-0.15, -0.1) is 0 Å². The predicted octanol–water partition coefficient (Wildman–Crippen LogP) is 3.81. The van der Waals surface area contributed by atoms with Crippen molar-refractivity contribution in [3.05, 3.63) is 83.0 Å². The lowest BCUT2D eigenvalue weighted by Gasteiger charge is -2.02. The molecule has 0 aliphatic rings. The molecule has 4 aromatic rings. The van der Waals surface area contributed by atoms with E-state index in [1.807, 2.05) is 55.5 Å². The van der Waals surface area contributed by atoms with Crippen molar-refractivity contribution in [1.82, 2.24) is 25.2 Å². The highest BCUT2D eigenvalue weighted by molar-refractivity contribution is 6.32. The molecule has 0 saturated heterocycles. The van der Waals surface area contributed by atoms with Crippen LogP contribution in [-0.4, -0.2) is 25.8 Å². The summed E-state index contributed by atoms with van der Waals surface area (Å²) in [7, 11) is 0. The fourth-order valence-electron chi connectivity index (χ4n) is 2.72. The number of carbonyl (C=O) groups excluding carboxylic acids is 1. The van der Waals surface area contributed by atoms with Gasteiger partial charge in [-0.25, -0.2) is 4.68 Å². The molecule has 7 nitrogen and oxygen atoms in total. The van der Waals surface area contributed by atoms with Gasteiger partial charge in [-0.3, -0.25) is 4.79 Å². The predicted molar refractivity (Wildman–Crippen MR) is 104 cm³/mol. The molecule has 8 heteroatoms. The maximum Gasteiger partial charge on any atom is 0.316 e. The van der Waals surface area contributed by atoms with Crippen LogP contribution >= 0.6 is 11.6 Å². The number of nitrogens with zero attached hydrogens (tertiary/aromatic N) is 4. The third-order valence-corrected chi connectivity index (χ3v) is 4.47. The third-order valence-electron chi connectivity index (χ3n) is 4.16. The van der Waals surface area contributed by atoms with E-state index in [2.05, 4.69) is 20.6 Å². The van der Waals surface area contributed by atoms with Crippen LogP contribution in [0.25, 0.3) is 17.1 Å². The van der Waals surface area contributed by atoms with Gasteiger partial charge in [0.15, 0.2) is 0 Å². The van der Waals surface area contributed by atoms with Crippen molar-refractivity contribution in [2.45, 2.75) is 13.5 Å². The summed E-state index contributed by atoms with van der Waals surface area (Å²) in [6, 6.07) is 17.0.